The van der Waals surface area contributed by atoms with E-state index in [0.717, 1.165) is 0 Å². The summed E-state index contributed by atoms with van der Waals surface area (Å²) in [7, 11) is 0. The lowest BCUT2D eigenvalue weighted by Gasteiger charge is -2.19. The van der Waals surface area contributed by atoms with Crippen molar-refractivity contribution in [3.63, 3.8) is 0 Å². The van der Waals surface area contributed by atoms with Crippen LogP contribution in [0.5, 0.6) is 11.5 Å². The normalized spacial score (nSPS) is 20.1. The Balaban J connectivity index is 1.93. The molecule has 1 aromatic rings. The minimum Gasteiger partial charge on any atom is -0.486 e. The van der Waals surface area contributed by atoms with Gasteiger partial charge in [-0.25, -0.2) is 0 Å². The molecule has 100 valence electrons. The minimum atomic E-state index is -0.413. The molecule has 7 heteroatoms. The Hall–Kier alpha value is -2.31. The van der Waals surface area contributed by atoms with E-state index in [-0.39, 0.29) is 11.8 Å². The van der Waals surface area contributed by atoms with Crippen LogP contribution < -0.4 is 9.47 Å². The van der Waals surface area contributed by atoms with Gasteiger partial charge in [-0.05, 0) is 6.07 Å². The van der Waals surface area contributed by atoms with Gasteiger partial charge in [-0.3, -0.25) is 10.1 Å². The van der Waals surface area contributed by atoms with Crippen LogP contribution in [-0.2, 0) is 11.3 Å². The first-order valence-electron chi connectivity index (χ1n) is 5.98. The van der Waals surface area contributed by atoms with Gasteiger partial charge in [-0.2, -0.15) is 0 Å². The molecule has 1 unspecified atom stereocenters. The fraction of sp³-hybridized carbons (Fsp3) is 0.417. The maximum Gasteiger partial charge on any atom is 0.276 e. The first kappa shape index (κ1) is 11.8. The third-order valence-corrected chi connectivity index (χ3v) is 3.04. The summed E-state index contributed by atoms with van der Waals surface area (Å²) in [5.41, 5.74) is 0.601. The summed E-state index contributed by atoms with van der Waals surface area (Å²) in [6.45, 7) is 0.858. The van der Waals surface area contributed by atoms with Crippen LogP contribution in [0.1, 0.15) is 12.0 Å². The summed E-state index contributed by atoms with van der Waals surface area (Å²) in [5, 5.41) is 14.8. The van der Waals surface area contributed by atoms with Crippen LogP contribution in [0, 0.1) is 10.1 Å². The van der Waals surface area contributed by atoms with E-state index in [4.69, 9.17) is 14.3 Å². The standard InChI is InChI=1S/C12H12N2O5/c15-14(16)10-7-12-11(17-3-4-18-12)6-8(10)5-9-1-2-13-19-9/h2,6-7,9H,1,3-5H2. The highest BCUT2D eigenvalue weighted by Crippen LogP contribution is 2.37. The fourth-order valence-corrected chi connectivity index (χ4v) is 2.15. The Kier molecular flexibility index (Phi) is 2.94. The van der Waals surface area contributed by atoms with Gasteiger partial charge in [0.2, 0.25) is 0 Å². The summed E-state index contributed by atoms with van der Waals surface area (Å²) in [5.74, 6) is 0.969. The second-order valence-corrected chi connectivity index (χ2v) is 4.34. The number of benzene rings is 1. The van der Waals surface area contributed by atoms with Crippen LogP contribution in [0.15, 0.2) is 17.3 Å². The van der Waals surface area contributed by atoms with Crippen molar-refractivity contribution in [2.45, 2.75) is 18.9 Å². The lowest BCUT2D eigenvalue weighted by molar-refractivity contribution is -0.385. The van der Waals surface area contributed by atoms with E-state index in [1.165, 1.54) is 6.07 Å². The van der Waals surface area contributed by atoms with Gasteiger partial charge in [0.25, 0.3) is 5.69 Å². The summed E-state index contributed by atoms with van der Waals surface area (Å²) in [6.07, 6.45) is 2.59. The van der Waals surface area contributed by atoms with Crippen LogP contribution in [0.25, 0.3) is 0 Å². The number of nitro benzene ring substituents is 1. The first-order chi connectivity index (χ1) is 9.24. The molecule has 0 saturated carbocycles. The van der Waals surface area contributed by atoms with Crippen molar-refractivity contribution in [3.8, 4) is 11.5 Å². The average molecular weight is 264 g/mol. The molecule has 7 nitrogen and oxygen atoms in total. The van der Waals surface area contributed by atoms with Crippen molar-refractivity contribution in [1.82, 2.24) is 0 Å². The maximum absolute atomic E-state index is 11.1. The number of fused-ring (bicyclic) bond motifs is 1. The second kappa shape index (κ2) is 4.75. The van der Waals surface area contributed by atoms with E-state index < -0.39 is 4.92 Å². The van der Waals surface area contributed by atoms with Crippen LogP contribution in [0.4, 0.5) is 5.69 Å². The van der Waals surface area contributed by atoms with Crippen molar-refractivity contribution in [3.05, 3.63) is 27.8 Å². The number of hydrogen-bond donors (Lipinski definition) is 0. The van der Waals surface area contributed by atoms with Gasteiger partial charge < -0.3 is 14.3 Å². The SMILES string of the molecule is O=[N+]([O-])c1cc2c(cc1CC1CC=NO1)OCCO2. The minimum absolute atomic E-state index is 0.0275. The predicted octanol–water partition coefficient (Wildman–Crippen LogP) is 1.68. The van der Waals surface area contributed by atoms with E-state index >= 15 is 0 Å². The van der Waals surface area contributed by atoms with Gasteiger partial charge in [0.15, 0.2) is 11.5 Å². The molecule has 0 aliphatic carbocycles. The van der Waals surface area contributed by atoms with Crippen LogP contribution in [0.3, 0.4) is 0 Å². The quantitative estimate of drug-likeness (QED) is 0.612. The largest absolute Gasteiger partial charge is 0.486 e. The van der Waals surface area contributed by atoms with E-state index in [1.807, 2.05) is 0 Å². The molecular weight excluding hydrogens is 252 g/mol. The topological polar surface area (TPSA) is 83.2 Å². The lowest BCUT2D eigenvalue weighted by atomic mass is 10.0. The molecule has 1 atom stereocenters. The van der Waals surface area contributed by atoms with E-state index in [0.29, 0.717) is 43.1 Å². The zero-order valence-corrected chi connectivity index (χ0v) is 10.1. The molecule has 0 spiro atoms. The van der Waals surface area contributed by atoms with Crippen molar-refractivity contribution >= 4 is 11.9 Å². The van der Waals surface area contributed by atoms with Crippen molar-refractivity contribution in [2.75, 3.05) is 13.2 Å². The highest BCUT2D eigenvalue weighted by atomic mass is 16.6. The van der Waals surface area contributed by atoms with E-state index in [2.05, 4.69) is 5.16 Å². The van der Waals surface area contributed by atoms with Crippen LogP contribution in [-0.4, -0.2) is 30.5 Å². The maximum atomic E-state index is 11.1. The molecule has 1 aromatic carbocycles. The predicted molar refractivity (Wildman–Crippen MR) is 65.8 cm³/mol. The smallest absolute Gasteiger partial charge is 0.276 e. The molecule has 0 radical (unpaired) electrons. The van der Waals surface area contributed by atoms with Crippen molar-refractivity contribution in [2.24, 2.45) is 5.16 Å². The summed E-state index contributed by atoms with van der Waals surface area (Å²) >= 11 is 0. The average Bonchev–Trinajstić information content (AvgIpc) is 2.90. The number of nitrogens with zero attached hydrogens (tertiary/aromatic N) is 2. The Morgan fingerprint density at radius 2 is 2.05 bits per heavy atom. The Labute approximate surface area is 108 Å². The summed E-state index contributed by atoms with van der Waals surface area (Å²) in [4.78, 5) is 15.8. The highest BCUT2D eigenvalue weighted by molar-refractivity contribution is 5.59. The Morgan fingerprint density at radius 3 is 2.68 bits per heavy atom. The van der Waals surface area contributed by atoms with E-state index in [1.54, 1.807) is 12.3 Å². The number of hydrogen-bond acceptors (Lipinski definition) is 6. The van der Waals surface area contributed by atoms with Crippen LogP contribution in [0.2, 0.25) is 0 Å². The molecule has 3 rings (SSSR count). The van der Waals surface area contributed by atoms with Gasteiger partial charge in [-0.1, -0.05) is 5.16 Å². The molecule has 2 aliphatic rings. The van der Waals surface area contributed by atoms with Gasteiger partial charge >= 0.3 is 0 Å². The molecule has 0 N–H and O–H groups in total. The van der Waals surface area contributed by atoms with Gasteiger partial charge in [0, 0.05) is 24.6 Å². The number of oxime groups is 1. The third-order valence-electron chi connectivity index (χ3n) is 3.04. The highest BCUT2D eigenvalue weighted by Gasteiger charge is 2.25. The molecule has 0 aromatic heterocycles. The van der Waals surface area contributed by atoms with Crippen molar-refractivity contribution < 1.29 is 19.2 Å². The molecule has 2 heterocycles. The third kappa shape index (κ3) is 2.31. The van der Waals surface area contributed by atoms with E-state index in [9.17, 15) is 10.1 Å². The monoisotopic (exact) mass is 264 g/mol. The number of rotatable bonds is 3. The first-order valence-corrected chi connectivity index (χ1v) is 5.98. The molecular formula is C12H12N2O5. The Bertz CT molecular complexity index is 535. The molecule has 0 saturated heterocycles. The summed E-state index contributed by atoms with van der Waals surface area (Å²) < 4.78 is 10.8. The molecule has 2 aliphatic heterocycles. The zero-order valence-electron chi connectivity index (χ0n) is 10.1. The molecule has 19 heavy (non-hydrogen) atoms. The fourth-order valence-electron chi connectivity index (χ4n) is 2.15. The molecule has 0 amide bonds. The molecule has 0 fully saturated rings. The zero-order chi connectivity index (χ0) is 13.2. The van der Waals surface area contributed by atoms with Gasteiger partial charge in [0.1, 0.15) is 19.3 Å². The van der Waals surface area contributed by atoms with Crippen LogP contribution >= 0.6 is 0 Å². The number of nitro groups is 1. The Morgan fingerprint density at radius 1 is 1.32 bits per heavy atom. The molecule has 0 bridgehead atoms. The lowest BCUT2D eigenvalue weighted by Crippen LogP contribution is -2.17. The van der Waals surface area contributed by atoms with Gasteiger partial charge in [0.05, 0.1) is 11.0 Å². The number of ether oxygens (including phenoxy) is 2. The summed E-state index contributed by atoms with van der Waals surface area (Å²) in [6, 6.07) is 3.08. The van der Waals surface area contributed by atoms with Gasteiger partial charge in [-0.15, -0.1) is 0 Å². The second-order valence-electron chi connectivity index (χ2n) is 4.34. The van der Waals surface area contributed by atoms with Crippen molar-refractivity contribution in [1.29, 1.82) is 0 Å².